The van der Waals surface area contributed by atoms with Crippen LogP contribution in [0.3, 0.4) is 0 Å². The van der Waals surface area contributed by atoms with Crippen molar-refractivity contribution in [2.24, 2.45) is 23.7 Å². The Morgan fingerprint density at radius 2 is 1.85 bits per heavy atom. The lowest BCUT2D eigenvalue weighted by atomic mass is 10.0. The van der Waals surface area contributed by atoms with Crippen molar-refractivity contribution in [3.05, 3.63) is 0 Å². The van der Waals surface area contributed by atoms with Crippen molar-refractivity contribution in [3.63, 3.8) is 0 Å². The molecule has 114 valence electrons. The molecule has 20 heavy (non-hydrogen) atoms. The number of ether oxygens (including phenoxy) is 1. The second kappa shape index (κ2) is 4.90. The lowest BCUT2D eigenvalue weighted by Gasteiger charge is -2.21. The van der Waals surface area contributed by atoms with Crippen molar-refractivity contribution in [1.82, 2.24) is 10.6 Å². The van der Waals surface area contributed by atoms with E-state index in [1.54, 1.807) is 0 Å². The lowest BCUT2D eigenvalue weighted by Crippen LogP contribution is -2.43. The van der Waals surface area contributed by atoms with E-state index < -0.39 is 5.60 Å². The molecule has 0 aromatic heterocycles. The van der Waals surface area contributed by atoms with E-state index in [9.17, 15) is 4.79 Å². The molecule has 0 saturated heterocycles. The van der Waals surface area contributed by atoms with Crippen LogP contribution < -0.4 is 10.6 Å². The van der Waals surface area contributed by atoms with Gasteiger partial charge in [-0.05, 0) is 70.6 Å². The van der Waals surface area contributed by atoms with E-state index in [0.29, 0.717) is 12.6 Å². The molecule has 5 unspecified atom stereocenters. The maximum Gasteiger partial charge on any atom is 0.407 e. The fourth-order valence-corrected chi connectivity index (χ4v) is 4.49. The van der Waals surface area contributed by atoms with Gasteiger partial charge in [-0.1, -0.05) is 0 Å². The maximum atomic E-state index is 11.6. The summed E-state index contributed by atoms with van der Waals surface area (Å²) in [7, 11) is 0. The molecule has 3 rings (SSSR count). The van der Waals surface area contributed by atoms with Crippen LogP contribution in [0.4, 0.5) is 4.79 Å². The van der Waals surface area contributed by atoms with Crippen LogP contribution in [0.2, 0.25) is 0 Å². The summed E-state index contributed by atoms with van der Waals surface area (Å²) in [6.45, 7) is 8.44. The van der Waals surface area contributed by atoms with Crippen LogP contribution in [0, 0.1) is 23.7 Å². The second-order valence-corrected chi connectivity index (χ2v) is 7.96. The average molecular weight is 280 g/mol. The van der Waals surface area contributed by atoms with Crippen LogP contribution in [0.5, 0.6) is 0 Å². The van der Waals surface area contributed by atoms with Crippen molar-refractivity contribution in [3.8, 4) is 0 Å². The summed E-state index contributed by atoms with van der Waals surface area (Å²) in [4.78, 5) is 11.6. The number of hydrogen-bond acceptors (Lipinski definition) is 3. The Hall–Kier alpha value is -0.770. The van der Waals surface area contributed by atoms with Gasteiger partial charge in [0.2, 0.25) is 0 Å². The highest BCUT2D eigenvalue weighted by atomic mass is 16.6. The van der Waals surface area contributed by atoms with Gasteiger partial charge in [0.05, 0.1) is 0 Å². The third-order valence-corrected chi connectivity index (χ3v) is 5.16. The first-order valence-electron chi connectivity index (χ1n) is 8.08. The van der Waals surface area contributed by atoms with Gasteiger partial charge in [-0.15, -0.1) is 0 Å². The second-order valence-electron chi connectivity index (χ2n) is 7.96. The van der Waals surface area contributed by atoms with Gasteiger partial charge in [-0.25, -0.2) is 4.79 Å². The van der Waals surface area contributed by atoms with Gasteiger partial charge in [0.25, 0.3) is 0 Å². The van der Waals surface area contributed by atoms with E-state index in [2.05, 4.69) is 17.6 Å². The van der Waals surface area contributed by atoms with Crippen LogP contribution >= 0.6 is 0 Å². The van der Waals surface area contributed by atoms with Crippen LogP contribution in [0.25, 0.3) is 0 Å². The Bertz CT molecular complexity index is 374. The first kappa shape index (κ1) is 14.2. The average Bonchev–Trinajstić information content (AvgIpc) is 2.72. The highest BCUT2D eigenvalue weighted by Crippen LogP contribution is 2.65. The van der Waals surface area contributed by atoms with Crippen LogP contribution in [-0.2, 0) is 4.74 Å². The molecule has 0 radical (unpaired) electrons. The smallest absolute Gasteiger partial charge is 0.407 e. The van der Waals surface area contributed by atoms with Crippen molar-refractivity contribution >= 4 is 6.09 Å². The van der Waals surface area contributed by atoms with E-state index in [-0.39, 0.29) is 6.09 Å². The molecule has 3 saturated carbocycles. The predicted molar refractivity (Wildman–Crippen MR) is 78.4 cm³/mol. The third kappa shape index (κ3) is 2.80. The lowest BCUT2D eigenvalue weighted by molar-refractivity contribution is 0.0523. The van der Waals surface area contributed by atoms with Crippen LogP contribution in [0.1, 0.15) is 47.0 Å². The zero-order chi connectivity index (χ0) is 14.5. The molecule has 1 amide bonds. The Kier molecular flexibility index (Phi) is 3.47. The van der Waals surface area contributed by atoms with Crippen molar-refractivity contribution in [2.45, 2.75) is 64.6 Å². The summed E-state index contributed by atoms with van der Waals surface area (Å²) < 4.78 is 5.25. The van der Waals surface area contributed by atoms with Gasteiger partial charge < -0.3 is 15.4 Å². The molecule has 5 atom stereocenters. The first-order valence-corrected chi connectivity index (χ1v) is 8.08. The van der Waals surface area contributed by atoms with Gasteiger partial charge in [-0.2, -0.15) is 0 Å². The molecule has 0 aromatic rings. The summed E-state index contributed by atoms with van der Waals surface area (Å²) in [5.41, 5.74) is -0.423. The highest BCUT2D eigenvalue weighted by Gasteiger charge is 2.64. The molecule has 4 nitrogen and oxygen atoms in total. The molecule has 0 aromatic carbocycles. The quantitative estimate of drug-likeness (QED) is 0.832. The predicted octanol–water partition coefficient (Wildman–Crippen LogP) is 2.53. The zero-order valence-electron chi connectivity index (χ0n) is 13.1. The molecular weight excluding hydrogens is 252 g/mol. The largest absolute Gasteiger partial charge is 0.444 e. The molecular formula is C16H28N2O2. The number of fused-ring (bicyclic) bond motifs is 5. The molecule has 2 N–H and O–H groups in total. The minimum absolute atomic E-state index is 0.317. The molecule has 2 bridgehead atoms. The number of hydrogen-bond donors (Lipinski definition) is 2. The summed E-state index contributed by atoms with van der Waals surface area (Å²) >= 11 is 0. The number of nitrogens with one attached hydrogen (secondary N) is 2. The number of carbonyl (C=O) groups excluding carboxylic acids is 1. The Labute approximate surface area is 122 Å². The Balaban J connectivity index is 1.37. The van der Waals surface area contributed by atoms with Gasteiger partial charge in [0.15, 0.2) is 0 Å². The van der Waals surface area contributed by atoms with Crippen LogP contribution in [0.15, 0.2) is 0 Å². The number of rotatable bonds is 4. The summed E-state index contributed by atoms with van der Waals surface area (Å²) in [5, 5.41) is 6.56. The van der Waals surface area contributed by atoms with E-state index in [4.69, 9.17) is 4.74 Å². The summed E-state index contributed by atoms with van der Waals surface area (Å²) in [6, 6.07) is 1.04. The fraction of sp³-hybridized carbons (Fsp3) is 0.938. The zero-order valence-corrected chi connectivity index (χ0v) is 13.1. The highest BCUT2D eigenvalue weighted by molar-refractivity contribution is 5.67. The Morgan fingerprint density at radius 1 is 1.25 bits per heavy atom. The number of alkyl carbamates (subject to hydrolysis) is 1. The van der Waals surface area contributed by atoms with Crippen molar-refractivity contribution in [1.29, 1.82) is 0 Å². The molecule has 0 spiro atoms. The third-order valence-electron chi connectivity index (χ3n) is 5.16. The minimum atomic E-state index is -0.423. The van der Waals surface area contributed by atoms with Crippen molar-refractivity contribution in [2.75, 3.05) is 6.54 Å². The molecule has 4 heteroatoms. The van der Waals surface area contributed by atoms with Gasteiger partial charge in [0, 0.05) is 18.6 Å². The SMILES string of the molecule is CC(CNC(=O)OC(C)(C)C)NC1C2C3CCC(C3)C12. The minimum Gasteiger partial charge on any atom is -0.444 e. The summed E-state index contributed by atoms with van der Waals surface area (Å²) in [6.07, 6.45) is 4.07. The maximum absolute atomic E-state index is 11.6. The monoisotopic (exact) mass is 280 g/mol. The van der Waals surface area contributed by atoms with Crippen molar-refractivity contribution < 1.29 is 9.53 Å². The first-order chi connectivity index (χ1) is 9.35. The fourth-order valence-electron chi connectivity index (χ4n) is 4.49. The number of carbonyl (C=O) groups is 1. The van der Waals surface area contributed by atoms with Gasteiger partial charge in [-0.3, -0.25) is 0 Å². The van der Waals surface area contributed by atoms with E-state index in [0.717, 1.165) is 29.7 Å². The van der Waals surface area contributed by atoms with Crippen LogP contribution in [-0.4, -0.2) is 30.3 Å². The molecule has 0 heterocycles. The number of amides is 1. The standard InChI is InChI=1S/C16H28N2O2/c1-9(8-17-15(19)20-16(2,3)4)18-14-12-10-5-6-11(7-10)13(12)14/h9-14,18H,5-8H2,1-4H3,(H,17,19). The van der Waals surface area contributed by atoms with Gasteiger partial charge in [0.1, 0.15) is 5.60 Å². The summed E-state index contributed by atoms with van der Waals surface area (Å²) in [5.74, 6) is 3.87. The molecule has 3 aliphatic rings. The topological polar surface area (TPSA) is 50.4 Å². The normalized spacial score (nSPS) is 39.3. The van der Waals surface area contributed by atoms with E-state index in [1.165, 1.54) is 19.3 Å². The molecule has 3 fully saturated rings. The van der Waals surface area contributed by atoms with Gasteiger partial charge >= 0.3 is 6.09 Å². The Morgan fingerprint density at radius 3 is 2.40 bits per heavy atom. The molecule has 3 aliphatic carbocycles. The van der Waals surface area contributed by atoms with E-state index >= 15 is 0 Å². The van der Waals surface area contributed by atoms with E-state index in [1.807, 2.05) is 20.8 Å². The molecule has 0 aliphatic heterocycles.